The highest BCUT2D eigenvalue weighted by atomic mass is 16.5. The van der Waals surface area contributed by atoms with Crippen LogP contribution < -0.4 is 19.3 Å². The Hall–Kier alpha value is -8.60. The van der Waals surface area contributed by atoms with Crippen molar-refractivity contribution in [3.05, 3.63) is 266 Å². The van der Waals surface area contributed by atoms with E-state index in [-0.39, 0.29) is 0 Å². The molecule has 10 aromatic rings. The molecule has 0 N–H and O–H groups in total. The fourth-order valence-electron chi connectivity index (χ4n) is 8.54. The maximum atomic E-state index is 6.58. The van der Waals surface area contributed by atoms with Crippen LogP contribution >= 0.6 is 0 Å². The van der Waals surface area contributed by atoms with Gasteiger partial charge in [-0.3, -0.25) is 0 Å². The van der Waals surface area contributed by atoms with E-state index in [1.165, 1.54) is 11.1 Å². The first-order valence-electron chi connectivity index (χ1n) is 22.3. The summed E-state index contributed by atoms with van der Waals surface area (Å²) in [5.41, 5.74) is 15.3. The van der Waals surface area contributed by atoms with Crippen LogP contribution in [0.5, 0.6) is 23.0 Å². The quantitative estimate of drug-likeness (QED) is 0.115. The van der Waals surface area contributed by atoms with Gasteiger partial charge in [0.2, 0.25) is 0 Å². The van der Waals surface area contributed by atoms with Crippen LogP contribution in [0.15, 0.2) is 255 Å². The molecule has 0 spiro atoms. The molecule has 10 aromatic carbocycles. The number of benzene rings is 10. The molecule has 0 aromatic heterocycles. The highest BCUT2D eigenvalue weighted by Gasteiger charge is 2.22. The van der Waals surface area contributed by atoms with Crippen LogP contribution in [0.4, 0.5) is 34.1 Å². The molecule has 0 saturated carbocycles. The molecular formula is C62H48N2O2. The Labute approximate surface area is 387 Å². The summed E-state index contributed by atoms with van der Waals surface area (Å²) in [5, 5.41) is 0. The van der Waals surface area contributed by atoms with E-state index < -0.39 is 0 Å². The van der Waals surface area contributed by atoms with Gasteiger partial charge in [0.05, 0.1) is 11.4 Å². The number of para-hydroxylation sites is 6. The number of aryl methyl sites for hydroxylation is 2. The number of hydrogen-bond acceptors (Lipinski definition) is 4. The SMILES string of the molecule is Cc1cc(-c2ccc(N(c3ccc(-c4ccccc4)cc3)c3ccccc3Oc3ccccc3)c(C)c2)ccc1N(c1ccc(-c2ccccc2)cc1)c1ccccc1Oc1ccccc1. The Bertz CT molecular complexity index is 2970. The number of hydrogen-bond donors (Lipinski definition) is 0. The van der Waals surface area contributed by atoms with Crippen molar-refractivity contribution in [3.63, 3.8) is 0 Å². The second-order valence-corrected chi connectivity index (χ2v) is 16.3. The maximum absolute atomic E-state index is 6.58. The van der Waals surface area contributed by atoms with Crippen LogP contribution in [0.3, 0.4) is 0 Å². The van der Waals surface area contributed by atoms with Crippen LogP contribution in [0.1, 0.15) is 11.1 Å². The zero-order valence-corrected chi connectivity index (χ0v) is 37.0. The first kappa shape index (κ1) is 41.4. The van der Waals surface area contributed by atoms with Gasteiger partial charge in [-0.2, -0.15) is 0 Å². The molecular weight excluding hydrogens is 805 g/mol. The fourth-order valence-corrected chi connectivity index (χ4v) is 8.54. The lowest BCUT2D eigenvalue weighted by atomic mass is 9.98. The van der Waals surface area contributed by atoms with Crippen LogP contribution in [-0.4, -0.2) is 0 Å². The minimum Gasteiger partial charge on any atom is -0.455 e. The topological polar surface area (TPSA) is 24.9 Å². The van der Waals surface area contributed by atoms with E-state index in [2.05, 4.69) is 194 Å². The molecule has 0 radical (unpaired) electrons. The van der Waals surface area contributed by atoms with Gasteiger partial charge in [-0.1, -0.05) is 158 Å². The predicted octanol–water partition coefficient (Wildman–Crippen LogP) is 17.8. The molecule has 318 valence electrons. The lowest BCUT2D eigenvalue weighted by Gasteiger charge is -2.30. The van der Waals surface area contributed by atoms with E-state index in [1.54, 1.807) is 0 Å². The summed E-state index contributed by atoms with van der Waals surface area (Å²) in [5.74, 6) is 3.09. The van der Waals surface area contributed by atoms with Crippen molar-refractivity contribution in [2.45, 2.75) is 13.8 Å². The molecule has 0 bridgehead atoms. The van der Waals surface area contributed by atoms with Crippen molar-refractivity contribution in [3.8, 4) is 56.4 Å². The van der Waals surface area contributed by atoms with E-state index in [0.717, 1.165) is 90.5 Å². The molecule has 0 aliphatic carbocycles. The van der Waals surface area contributed by atoms with Gasteiger partial charge in [0.25, 0.3) is 0 Å². The van der Waals surface area contributed by atoms with Crippen molar-refractivity contribution in [1.82, 2.24) is 0 Å². The average molecular weight is 853 g/mol. The van der Waals surface area contributed by atoms with E-state index in [1.807, 2.05) is 84.9 Å². The second kappa shape index (κ2) is 19.0. The summed E-state index contributed by atoms with van der Waals surface area (Å²) in [6, 6.07) is 88.5. The Morgan fingerprint density at radius 1 is 0.258 bits per heavy atom. The normalized spacial score (nSPS) is 10.9. The Morgan fingerprint density at radius 2 is 0.561 bits per heavy atom. The third kappa shape index (κ3) is 8.94. The van der Waals surface area contributed by atoms with E-state index in [9.17, 15) is 0 Å². The van der Waals surface area contributed by atoms with E-state index >= 15 is 0 Å². The molecule has 4 nitrogen and oxygen atoms in total. The monoisotopic (exact) mass is 852 g/mol. The van der Waals surface area contributed by atoms with Crippen LogP contribution in [-0.2, 0) is 0 Å². The largest absolute Gasteiger partial charge is 0.455 e. The molecule has 0 aliphatic heterocycles. The van der Waals surface area contributed by atoms with Gasteiger partial charge in [-0.25, -0.2) is 0 Å². The molecule has 0 saturated heterocycles. The number of nitrogens with zero attached hydrogens (tertiary/aromatic N) is 2. The van der Waals surface area contributed by atoms with Crippen LogP contribution in [0, 0.1) is 13.8 Å². The number of rotatable bonds is 13. The summed E-state index contributed by atoms with van der Waals surface area (Å²) in [4.78, 5) is 4.60. The molecule has 0 aliphatic rings. The van der Waals surface area contributed by atoms with E-state index in [4.69, 9.17) is 9.47 Å². The van der Waals surface area contributed by atoms with Crippen LogP contribution in [0.2, 0.25) is 0 Å². The molecule has 0 fully saturated rings. The number of ether oxygens (including phenoxy) is 2. The lowest BCUT2D eigenvalue weighted by molar-refractivity contribution is 0.483. The van der Waals surface area contributed by atoms with E-state index in [0.29, 0.717) is 0 Å². The zero-order valence-electron chi connectivity index (χ0n) is 37.0. The second-order valence-electron chi connectivity index (χ2n) is 16.3. The smallest absolute Gasteiger partial charge is 0.151 e. The van der Waals surface area contributed by atoms with Gasteiger partial charge in [0, 0.05) is 22.7 Å². The zero-order chi connectivity index (χ0) is 44.7. The molecule has 0 unspecified atom stereocenters. The lowest BCUT2D eigenvalue weighted by Crippen LogP contribution is -2.13. The van der Waals surface area contributed by atoms with Crippen LogP contribution in [0.25, 0.3) is 33.4 Å². The summed E-state index contributed by atoms with van der Waals surface area (Å²) < 4.78 is 13.2. The summed E-state index contributed by atoms with van der Waals surface area (Å²) in [6.45, 7) is 4.38. The third-order valence-corrected chi connectivity index (χ3v) is 11.8. The highest BCUT2D eigenvalue weighted by molar-refractivity contribution is 5.87. The average Bonchev–Trinajstić information content (AvgIpc) is 3.37. The van der Waals surface area contributed by atoms with Crippen molar-refractivity contribution in [2.75, 3.05) is 9.80 Å². The molecule has 0 amide bonds. The minimum absolute atomic E-state index is 0.764. The first-order valence-corrected chi connectivity index (χ1v) is 22.3. The minimum atomic E-state index is 0.764. The third-order valence-electron chi connectivity index (χ3n) is 11.8. The first-order chi connectivity index (χ1) is 32.6. The predicted molar refractivity (Wildman–Crippen MR) is 275 cm³/mol. The molecule has 0 atom stereocenters. The van der Waals surface area contributed by atoms with Gasteiger partial charge in [-0.15, -0.1) is 0 Å². The standard InChI is InChI=1S/C62H48N2O2/c1-45-43-51(35-41-57(45)63(53-37-31-49(32-38-53)47-19-7-3-8-20-47)59-27-15-17-29-61(59)65-55-23-11-5-12-24-55)52-36-42-58(46(2)44-52)64(54-39-33-50(34-40-54)48-21-9-4-10-22-48)60-28-16-18-30-62(60)66-56-25-13-6-14-26-56/h3-44H,1-2H3. The summed E-state index contributed by atoms with van der Waals surface area (Å²) in [7, 11) is 0. The van der Waals surface area contributed by atoms with Gasteiger partial charge < -0.3 is 19.3 Å². The van der Waals surface area contributed by atoms with Gasteiger partial charge in [0.15, 0.2) is 11.5 Å². The van der Waals surface area contributed by atoms with Crippen molar-refractivity contribution < 1.29 is 9.47 Å². The Morgan fingerprint density at radius 3 is 0.924 bits per heavy atom. The van der Waals surface area contributed by atoms with Gasteiger partial charge >= 0.3 is 0 Å². The fraction of sp³-hybridized carbons (Fsp3) is 0.0323. The molecule has 10 rings (SSSR count). The maximum Gasteiger partial charge on any atom is 0.151 e. The van der Waals surface area contributed by atoms with Crippen molar-refractivity contribution >= 4 is 34.1 Å². The molecule has 0 heterocycles. The number of anilines is 6. The Kier molecular flexibility index (Phi) is 11.9. The van der Waals surface area contributed by atoms with Crippen molar-refractivity contribution in [1.29, 1.82) is 0 Å². The van der Waals surface area contributed by atoms with Gasteiger partial charge in [0.1, 0.15) is 11.5 Å². The summed E-state index contributed by atoms with van der Waals surface area (Å²) in [6.07, 6.45) is 0. The molecule has 66 heavy (non-hydrogen) atoms. The summed E-state index contributed by atoms with van der Waals surface area (Å²) >= 11 is 0. The molecule has 4 heteroatoms. The van der Waals surface area contributed by atoms with Gasteiger partial charge in [-0.05, 0) is 155 Å². The Balaban J connectivity index is 1.03. The highest BCUT2D eigenvalue weighted by Crippen LogP contribution is 2.46. The van der Waals surface area contributed by atoms with Crippen molar-refractivity contribution in [2.24, 2.45) is 0 Å².